The normalized spacial score (nSPS) is 8.57. The Morgan fingerprint density at radius 2 is 2.00 bits per heavy atom. The summed E-state index contributed by atoms with van der Waals surface area (Å²) in [7, 11) is 3.85. The third kappa shape index (κ3) is 11.2. The Hall–Kier alpha value is 1.56. The molecule has 0 spiro atoms. The fourth-order valence-electron chi connectivity index (χ4n) is 0.200. The second-order valence-corrected chi connectivity index (χ2v) is 1.53. The molecule has 0 heterocycles. The van der Waals surface area contributed by atoms with E-state index in [0.29, 0.717) is 0 Å². The fraction of sp³-hybridized carbons (Fsp3) is 1.00. The van der Waals surface area contributed by atoms with E-state index in [1.165, 1.54) is 0 Å². The van der Waals surface area contributed by atoms with Gasteiger partial charge in [-0.05, 0) is 14.1 Å². The number of aliphatic hydroxyl groups excluding tert-OH is 1. The van der Waals surface area contributed by atoms with Crippen LogP contribution in [-0.2, 0) is 0 Å². The molecular weight excluding hydrogens is 117 g/mol. The number of likely N-dealkylation sites (N-methyl/N-ethyl adjacent to an activating group) is 1. The maximum Gasteiger partial charge on any atom is 1.00 e. The van der Waals surface area contributed by atoms with Crippen molar-refractivity contribution in [3.05, 3.63) is 0 Å². The van der Waals surface area contributed by atoms with Gasteiger partial charge in [0.2, 0.25) is 0 Å². The third-order valence-electron chi connectivity index (χ3n) is 0.547. The second kappa shape index (κ2) is 7.56. The SMILES string of the molecule is CN(C)CCO.[H-].[K+]. The van der Waals surface area contributed by atoms with Gasteiger partial charge >= 0.3 is 51.4 Å². The van der Waals surface area contributed by atoms with E-state index in [4.69, 9.17) is 5.11 Å². The predicted molar refractivity (Wildman–Crippen MR) is 26.8 cm³/mol. The molecule has 0 bridgehead atoms. The van der Waals surface area contributed by atoms with E-state index in [-0.39, 0.29) is 59.4 Å². The molecule has 0 amide bonds. The van der Waals surface area contributed by atoms with Crippen LogP contribution in [0.3, 0.4) is 0 Å². The Kier molecular flexibility index (Phi) is 12.3. The van der Waals surface area contributed by atoms with Crippen LogP contribution in [0.1, 0.15) is 1.43 Å². The Bertz CT molecular complexity index is 37.2. The number of nitrogens with zero attached hydrogens (tertiary/aromatic N) is 1. The summed E-state index contributed by atoms with van der Waals surface area (Å²) in [4.78, 5) is 1.93. The van der Waals surface area contributed by atoms with Crippen molar-refractivity contribution in [2.24, 2.45) is 0 Å². The average molecular weight is 129 g/mol. The zero-order valence-electron chi connectivity index (χ0n) is 6.31. The smallest absolute Gasteiger partial charge is 1.00 e. The number of hydrogen-bond donors (Lipinski definition) is 1. The van der Waals surface area contributed by atoms with E-state index in [1.807, 2.05) is 19.0 Å². The van der Waals surface area contributed by atoms with Gasteiger partial charge < -0.3 is 11.4 Å². The maximum absolute atomic E-state index is 8.20. The molecule has 0 aromatic heterocycles. The largest absolute Gasteiger partial charge is 1.00 e. The molecule has 0 fully saturated rings. The van der Waals surface area contributed by atoms with Crippen molar-refractivity contribution in [2.75, 3.05) is 27.2 Å². The first-order valence-corrected chi connectivity index (χ1v) is 2.03. The van der Waals surface area contributed by atoms with Crippen molar-refractivity contribution < 1.29 is 57.9 Å². The van der Waals surface area contributed by atoms with E-state index in [1.54, 1.807) is 0 Å². The monoisotopic (exact) mass is 129 g/mol. The van der Waals surface area contributed by atoms with E-state index in [2.05, 4.69) is 0 Å². The second-order valence-electron chi connectivity index (χ2n) is 1.53. The summed E-state index contributed by atoms with van der Waals surface area (Å²) in [6.45, 7) is 1.02. The minimum absolute atomic E-state index is 0. The molecule has 0 aromatic carbocycles. The van der Waals surface area contributed by atoms with E-state index >= 15 is 0 Å². The van der Waals surface area contributed by atoms with Gasteiger partial charge in [-0.2, -0.15) is 0 Å². The number of hydrogen-bond acceptors (Lipinski definition) is 2. The van der Waals surface area contributed by atoms with E-state index in [0.717, 1.165) is 6.54 Å². The molecule has 2 nitrogen and oxygen atoms in total. The summed E-state index contributed by atoms with van der Waals surface area (Å²) in [5, 5.41) is 8.20. The van der Waals surface area contributed by atoms with Gasteiger partial charge in [0.05, 0.1) is 6.61 Å². The minimum atomic E-state index is 0. The summed E-state index contributed by atoms with van der Waals surface area (Å²) >= 11 is 0. The summed E-state index contributed by atoms with van der Waals surface area (Å²) in [5.74, 6) is 0. The Morgan fingerprint density at radius 1 is 1.57 bits per heavy atom. The molecule has 0 aliphatic carbocycles. The fourth-order valence-corrected chi connectivity index (χ4v) is 0.200. The van der Waals surface area contributed by atoms with Crippen molar-refractivity contribution in [1.82, 2.24) is 4.90 Å². The van der Waals surface area contributed by atoms with Gasteiger partial charge in [-0.1, -0.05) is 0 Å². The molecule has 0 saturated carbocycles. The number of rotatable bonds is 2. The van der Waals surface area contributed by atoms with Crippen LogP contribution in [0.2, 0.25) is 0 Å². The molecule has 0 aliphatic heterocycles. The van der Waals surface area contributed by atoms with Crippen LogP contribution in [0.15, 0.2) is 0 Å². The van der Waals surface area contributed by atoms with Gasteiger partial charge in [0.15, 0.2) is 0 Å². The van der Waals surface area contributed by atoms with Gasteiger partial charge in [-0.25, -0.2) is 0 Å². The molecular formula is C4H12KNO. The van der Waals surface area contributed by atoms with Crippen molar-refractivity contribution >= 4 is 0 Å². The van der Waals surface area contributed by atoms with Crippen molar-refractivity contribution in [3.8, 4) is 0 Å². The van der Waals surface area contributed by atoms with Crippen LogP contribution in [0.4, 0.5) is 0 Å². The molecule has 0 aromatic rings. The van der Waals surface area contributed by atoms with Crippen LogP contribution in [-0.4, -0.2) is 37.3 Å². The Morgan fingerprint density at radius 3 is 2.00 bits per heavy atom. The molecule has 0 radical (unpaired) electrons. The summed E-state index contributed by atoms with van der Waals surface area (Å²) < 4.78 is 0. The van der Waals surface area contributed by atoms with Crippen LogP contribution < -0.4 is 51.4 Å². The molecule has 0 unspecified atom stereocenters. The summed E-state index contributed by atoms with van der Waals surface area (Å²) in [5.41, 5.74) is 0. The first kappa shape index (κ1) is 11.4. The standard InChI is InChI=1S/C4H11NO.K.H/c1-5(2)3-4-6;;/h6H,3-4H2,1-2H3;;/q;+1;-1. The Balaban J connectivity index is -0.000000125. The van der Waals surface area contributed by atoms with Gasteiger partial charge in [-0.3, -0.25) is 0 Å². The molecule has 0 saturated heterocycles. The molecule has 3 heteroatoms. The molecule has 7 heavy (non-hydrogen) atoms. The summed E-state index contributed by atoms with van der Waals surface area (Å²) in [6.07, 6.45) is 0. The van der Waals surface area contributed by atoms with Crippen LogP contribution in [0, 0.1) is 0 Å². The topological polar surface area (TPSA) is 23.5 Å². The average Bonchev–Trinajstić information content (AvgIpc) is 1.35. The predicted octanol–water partition coefficient (Wildman–Crippen LogP) is -3.34. The van der Waals surface area contributed by atoms with Crippen molar-refractivity contribution in [1.29, 1.82) is 0 Å². The molecule has 0 aliphatic rings. The quantitative estimate of drug-likeness (QED) is 0.394. The van der Waals surface area contributed by atoms with Crippen LogP contribution in [0.5, 0.6) is 0 Å². The molecule has 40 valence electrons. The van der Waals surface area contributed by atoms with Crippen LogP contribution in [0.25, 0.3) is 0 Å². The summed E-state index contributed by atoms with van der Waals surface area (Å²) in [6, 6.07) is 0. The third-order valence-corrected chi connectivity index (χ3v) is 0.547. The van der Waals surface area contributed by atoms with Crippen molar-refractivity contribution in [3.63, 3.8) is 0 Å². The van der Waals surface area contributed by atoms with Gasteiger partial charge in [0, 0.05) is 6.54 Å². The van der Waals surface area contributed by atoms with Crippen LogP contribution >= 0.6 is 0 Å². The molecule has 1 N–H and O–H groups in total. The van der Waals surface area contributed by atoms with Crippen molar-refractivity contribution in [2.45, 2.75) is 0 Å². The molecule has 0 rings (SSSR count). The zero-order chi connectivity index (χ0) is 4.99. The first-order valence-electron chi connectivity index (χ1n) is 2.03. The first-order chi connectivity index (χ1) is 2.77. The molecule has 0 atom stereocenters. The van der Waals surface area contributed by atoms with E-state index < -0.39 is 0 Å². The maximum atomic E-state index is 8.20. The van der Waals surface area contributed by atoms with Gasteiger partial charge in [0.25, 0.3) is 0 Å². The zero-order valence-corrected chi connectivity index (χ0v) is 8.43. The van der Waals surface area contributed by atoms with E-state index in [9.17, 15) is 0 Å². The Labute approximate surface area is 88.8 Å². The van der Waals surface area contributed by atoms with Gasteiger partial charge in [-0.15, -0.1) is 0 Å². The minimum Gasteiger partial charge on any atom is -1.00 e. The number of aliphatic hydroxyl groups is 1. The van der Waals surface area contributed by atoms with Gasteiger partial charge in [0.1, 0.15) is 0 Å².